The maximum absolute atomic E-state index is 11.2. The Morgan fingerprint density at radius 3 is 2.85 bits per heavy atom. The Hall–Kier alpha value is -3.07. The molecular formula is C26H33N3O5. The lowest BCUT2D eigenvalue weighted by atomic mass is 10.1. The Bertz CT molecular complexity index is 1040. The van der Waals surface area contributed by atoms with Crippen LogP contribution in [0.2, 0.25) is 0 Å². The Morgan fingerprint density at radius 2 is 2.06 bits per heavy atom. The highest BCUT2D eigenvalue weighted by Crippen LogP contribution is 2.29. The van der Waals surface area contributed by atoms with Crippen molar-refractivity contribution in [1.29, 1.82) is 0 Å². The number of ether oxygens (including phenoxy) is 4. The van der Waals surface area contributed by atoms with Crippen molar-refractivity contribution in [3.8, 4) is 17.2 Å². The van der Waals surface area contributed by atoms with E-state index in [0.717, 1.165) is 23.4 Å². The van der Waals surface area contributed by atoms with Gasteiger partial charge in [0.2, 0.25) is 0 Å². The van der Waals surface area contributed by atoms with Gasteiger partial charge in [0.25, 0.3) is 0 Å². The number of benzene rings is 2. The molecule has 1 fully saturated rings. The van der Waals surface area contributed by atoms with Crippen molar-refractivity contribution in [2.45, 2.75) is 25.6 Å². The second-order valence-electron chi connectivity index (χ2n) is 8.73. The van der Waals surface area contributed by atoms with Gasteiger partial charge in [-0.25, -0.2) is 4.98 Å². The van der Waals surface area contributed by atoms with Crippen LogP contribution in [0.25, 0.3) is 0 Å². The molecule has 8 nitrogen and oxygen atoms in total. The highest BCUT2D eigenvalue weighted by Gasteiger charge is 2.33. The molecule has 2 aromatic carbocycles. The van der Waals surface area contributed by atoms with Crippen molar-refractivity contribution in [2.75, 3.05) is 46.6 Å². The molecule has 3 aromatic rings. The van der Waals surface area contributed by atoms with Crippen molar-refractivity contribution in [3.05, 3.63) is 72.3 Å². The van der Waals surface area contributed by atoms with E-state index in [9.17, 15) is 5.11 Å². The van der Waals surface area contributed by atoms with Gasteiger partial charge < -0.3 is 28.6 Å². The molecule has 1 aliphatic heterocycles. The molecule has 8 heteroatoms. The molecule has 0 radical (unpaired) electrons. The lowest BCUT2D eigenvalue weighted by Gasteiger charge is -2.30. The number of rotatable bonds is 10. The third-order valence-corrected chi connectivity index (χ3v) is 5.74. The van der Waals surface area contributed by atoms with E-state index in [1.165, 1.54) is 0 Å². The van der Waals surface area contributed by atoms with Crippen LogP contribution in [0.3, 0.4) is 0 Å². The standard InChI is InChI=1S/C26H33N3O5/c1-21-4-3-5-23(14-21)34-19-26(30)17-29(10-12-32-18-26)16-22-6-7-24(25(15-22)31-2)33-13-11-28-9-8-27-20-28/h3-9,14-15,20,30H,10-13,16-19H2,1-2H3/t26-/m1/s1. The Kier molecular flexibility index (Phi) is 8.05. The van der Waals surface area contributed by atoms with Crippen molar-refractivity contribution in [2.24, 2.45) is 0 Å². The van der Waals surface area contributed by atoms with Gasteiger partial charge in [0.05, 0.1) is 33.2 Å². The summed E-state index contributed by atoms with van der Waals surface area (Å²) in [6.07, 6.45) is 5.42. The normalized spacial score (nSPS) is 18.9. The predicted octanol–water partition coefficient (Wildman–Crippen LogP) is 2.92. The summed E-state index contributed by atoms with van der Waals surface area (Å²) in [6.45, 7) is 6.03. The van der Waals surface area contributed by atoms with Gasteiger partial charge in [-0.3, -0.25) is 4.90 Å². The van der Waals surface area contributed by atoms with Gasteiger partial charge in [0, 0.05) is 32.0 Å². The van der Waals surface area contributed by atoms with E-state index in [4.69, 9.17) is 18.9 Å². The number of methoxy groups -OCH3 is 1. The summed E-state index contributed by atoms with van der Waals surface area (Å²) in [5.74, 6) is 2.14. The maximum atomic E-state index is 11.2. The number of aromatic nitrogens is 2. The number of β-amino-alcohol motifs (C(OH)–C–C–N with tert-alkyl or cyclic N) is 1. The molecule has 1 saturated heterocycles. The van der Waals surface area contributed by atoms with E-state index in [1.54, 1.807) is 19.6 Å². The third-order valence-electron chi connectivity index (χ3n) is 5.74. The summed E-state index contributed by atoms with van der Waals surface area (Å²) < 4.78 is 25.1. The van der Waals surface area contributed by atoms with E-state index in [-0.39, 0.29) is 13.2 Å². The van der Waals surface area contributed by atoms with Crippen LogP contribution < -0.4 is 14.2 Å². The highest BCUT2D eigenvalue weighted by molar-refractivity contribution is 5.43. The second-order valence-corrected chi connectivity index (χ2v) is 8.73. The number of hydrogen-bond donors (Lipinski definition) is 1. The fourth-order valence-corrected chi connectivity index (χ4v) is 4.01. The first-order valence-corrected chi connectivity index (χ1v) is 11.5. The molecule has 1 N–H and O–H groups in total. The maximum Gasteiger partial charge on any atom is 0.161 e. The average Bonchev–Trinajstić information content (AvgIpc) is 3.28. The summed E-state index contributed by atoms with van der Waals surface area (Å²) in [4.78, 5) is 6.22. The molecule has 1 aliphatic rings. The van der Waals surface area contributed by atoms with Crippen LogP contribution in [0.4, 0.5) is 0 Å². The molecule has 0 unspecified atom stereocenters. The van der Waals surface area contributed by atoms with Gasteiger partial charge in [0.1, 0.15) is 24.6 Å². The number of hydrogen-bond acceptors (Lipinski definition) is 7. The van der Waals surface area contributed by atoms with E-state index >= 15 is 0 Å². The zero-order valence-electron chi connectivity index (χ0n) is 19.9. The van der Waals surface area contributed by atoms with E-state index in [1.807, 2.05) is 60.2 Å². The quantitative estimate of drug-likeness (QED) is 0.491. The largest absolute Gasteiger partial charge is 0.493 e. The predicted molar refractivity (Wildman–Crippen MR) is 128 cm³/mol. The Morgan fingerprint density at radius 1 is 1.15 bits per heavy atom. The van der Waals surface area contributed by atoms with E-state index < -0.39 is 5.60 Å². The topological polar surface area (TPSA) is 78.2 Å². The van der Waals surface area contributed by atoms with Crippen LogP contribution in [0.15, 0.2) is 61.2 Å². The number of nitrogens with zero attached hydrogens (tertiary/aromatic N) is 3. The zero-order valence-corrected chi connectivity index (χ0v) is 19.9. The van der Waals surface area contributed by atoms with Gasteiger partial charge in [-0.05, 0) is 42.3 Å². The van der Waals surface area contributed by atoms with Gasteiger partial charge in [-0.1, -0.05) is 18.2 Å². The smallest absolute Gasteiger partial charge is 0.161 e. The summed E-state index contributed by atoms with van der Waals surface area (Å²) >= 11 is 0. The molecule has 34 heavy (non-hydrogen) atoms. The van der Waals surface area contributed by atoms with Crippen molar-refractivity contribution in [1.82, 2.24) is 14.5 Å². The Balaban J connectivity index is 1.35. The van der Waals surface area contributed by atoms with Crippen molar-refractivity contribution >= 4 is 0 Å². The monoisotopic (exact) mass is 467 g/mol. The number of aliphatic hydroxyl groups is 1. The van der Waals surface area contributed by atoms with Gasteiger partial charge >= 0.3 is 0 Å². The summed E-state index contributed by atoms with van der Waals surface area (Å²) in [7, 11) is 1.64. The first-order valence-electron chi connectivity index (χ1n) is 11.5. The fourth-order valence-electron chi connectivity index (χ4n) is 4.01. The minimum absolute atomic E-state index is 0.167. The van der Waals surface area contributed by atoms with Crippen molar-refractivity contribution in [3.63, 3.8) is 0 Å². The molecule has 0 aliphatic carbocycles. The molecule has 0 bridgehead atoms. The summed E-state index contributed by atoms with van der Waals surface area (Å²) in [5.41, 5.74) is 1.09. The van der Waals surface area contributed by atoms with Crippen LogP contribution in [-0.4, -0.2) is 71.8 Å². The Labute approximate surface area is 200 Å². The van der Waals surface area contributed by atoms with Crippen LogP contribution in [0.5, 0.6) is 17.2 Å². The minimum atomic E-state index is -1.10. The van der Waals surface area contributed by atoms with E-state index in [0.29, 0.717) is 44.3 Å². The molecule has 1 aromatic heterocycles. The van der Waals surface area contributed by atoms with Crippen LogP contribution in [0.1, 0.15) is 11.1 Å². The molecular weight excluding hydrogens is 434 g/mol. The SMILES string of the molecule is COc1cc(CN2CCOC[C@@](O)(COc3cccc(C)c3)C2)ccc1OCCn1ccnc1. The molecule has 1 atom stereocenters. The first-order chi connectivity index (χ1) is 16.5. The first kappa shape index (κ1) is 24.1. The number of imidazole rings is 1. The molecule has 0 amide bonds. The van der Waals surface area contributed by atoms with Crippen molar-refractivity contribution < 1.29 is 24.1 Å². The summed E-state index contributed by atoms with van der Waals surface area (Å²) in [6, 6.07) is 13.8. The van der Waals surface area contributed by atoms with Crippen LogP contribution >= 0.6 is 0 Å². The molecule has 2 heterocycles. The second kappa shape index (κ2) is 11.4. The van der Waals surface area contributed by atoms with Gasteiger partial charge in [-0.2, -0.15) is 0 Å². The zero-order chi connectivity index (χ0) is 23.8. The average molecular weight is 468 g/mol. The highest BCUT2D eigenvalue weighted by atomic mass is 16.5. The van der Waals surface area contributed by atoms with E-state index in [2.05, 4.69) is 9.88 Å². The minimum Gasteiger partial charge on any atom is -0.493 e. The molecule has 182 valence electrons. The number of aryl methyl sites for hydroxylation is 1. The van der Waals surface area contributed by atoms with Gasteiger partial charge in [0.15, 0.2) is 11.5 Å². The van der Waals surface area contributed by atoms with Crippen LogP contribution in [-0.2, 0) is 17.8 Å². The molecule has 0 spiro atoms. The fraction of sp³-hybridized carbons (Fsp3) is 0.423. The summed E-state index contributed by atoms with van der Waals surface area (Å²) in [5, 5.41) is 11.2. The van der Waals surface area contributed by atoms with Crippen LogP contribution in [0, 0.1) is 6.92 Å². The lowest BCUT2D eigenvalue weighted by molar-refractivity contribution is -0.0646. The lowest BCUT2D eigenvalue weighted by Crippen LogP contribution is -2.48. The van der Waals surface area contributed by atoms with Gasteiger partial charge in [-0.15, -0.1) is 0 Å². The molecule has 4 rings (SSSR count). The third kappa shape index (κ3) is 6.72. The molecule has 0 saturated carbocycles.